The Morgan fingerprint density at radius 1 is 1.45 bits per heavy atom. The number of carbonyl (C=O) groups is 1. The molecule has 66 valence electrons. The third-order valence-corrected chi connectivity index (χ3v) is 2.50. The van der Waals surface area contributed by atoms with E-state index in [1.807, 2.05) is 0 Å². The molecule has 0 fully saturated rings. The fourth-order valence-electron chi connectivity index (χ4n) is 0.647. The van der Waals surface area contributed by atoms with Crippen LogP contribution in [0, 0.1) is 0 Å². The maximum atomic E-state index is 9.92. The molecule has 0 radical (unpaired) electrons. The van der Waals surface area contributed by atoms with Gasteiger partial charge in [0.25, 0.3) is 0 Å². The number of hydrogen-bond acceptors (Lipinski definition) is 2. The van der Waals surface area contributed by atoms with Crippen LogP contribution in [-0.2, 0) is 9.22 Å². The average Bonchev–Trinajstić information content (AvgIpc) is 1.85. The molecule has 0 aromatic rings. The van der Waals surface area contributed by atoms with Crippen LogP contribution in [0.2, 0.25) is 5.04 Å². The molecule has 0 aliphatic heterocycles. The quantitative estimate of drug-likeness (QED) is 0.356. The van der Waals surface area contributed by atoms with Gasteiger partial charge in [0, 0.05) is 13.0 Å². The molecule has 2 nitrogen and oxygen atoms in total. The highest BCUT2D eigenvalue weighted by molar-refractivity contribution is 6.31. The highest BCUT2D eigenvalue weighted by atomic mass is 28.2. The van der Waals surface area contributed by atoms with Gasteiger partial charge in [0.15, 0.2) is 9.76 Å². The van der Waals surface area contributed by atoms with Crippen molar-refractivity contribution in [3.05, 3.63) is 0 Å². The molecule has 0 aromatic carbocycles. The van der Waals surface area contributed by atoms with Crippen LogP contribution in [0.15, 0.2) is 0 Å². The Morgan fingerprint density at radius 3 is 2.55 bits per heavy atom. The summed E-state index contributed by atoms with van der Waals surface area (Å²) < 4.78 is 5.48. The van der Waals surface area contributed by atoms with Crippen molar-refractivity contribution in [2.75, 3.05) is 6.61 Å². The third kappa shape index (κ3) is 9.85. The van der Waals surface area contributed by atoms with Crippen LogP contribution in [0.25, 0.3) is 0 Å². The lowest BCUT2D eigenvalue weighted by Gasteiger charge is -2.16. The number of hydrogen-bond donors (Lipinski definition) is 0. The van der Waals surface area contributed by atoms with Gasteiger partial charge in [-0.15, -0.1) is 0 Å². The predicted octanol–water partition coefficient (Wildman–Crippen LogP) is 1.28. The first kappa shape index (κ1) is 10.8. The topological polar surface area (TPSA) is 26.3 Å². The SMILES string of the molecule is CC(C)(C)[SiH2]OCCCC=O. The first-order chi connectivity index (χ1) is 5.06. The fraction of sp³-hybridized carbons (Fsp3) is 0.875. The van der Waals surface area contributed by atoms with E-state index >= 15 is 0 Å². The molecule has 0 rings (SSSR count). The normalized spacial score (nSPS) is 12.6. The highest BCUT2D eigenvalue weighted by Crippen LogP contribution is 2.19. The molecule has 0 N–H and O–H groups in total. The summed E-state index contributed by atoms with van der Waals surface area (Å²) in [6.07, 6.45) is 2.47. The molecular formula is C8H18O2Si. The molecule has 0 amide bonds. The van der Waals surface area contributed by atoms with Crippen molar-refractivity contribution < 1.29 is 9.22 Å². The zero-order chi connectivity index (χ0) is 8.74. The van der Waals surface area contributed by atoms with Crippen molar-refractivity contribution in [1.29, 1.82) is 0 Å². The van der Waals surface area contributed by atoms with Gasteiger partial charge in [0.2, 0.25) is 0 Å². The monoisotopic (exact) mass is 174 g/mol. The van der Waals surface area contributed by atoms with Gasteiger partial charge in [-0.1, -0.05) is 20.8 Å². The maximum Gasteiger partial charge on any atom is 0.166 e. The summed E-state index contributed by atoms with van der Waals surface area (Å²) in [4.78, 5) is 9.92. The van der Waals surface area contributed by atoms with Crippen LogP contribution >= 0.6 is 0 Å². The van der Waals surface area contributed by atoms with E-state index < -0.39 is 9.76 Å². The summed E-state index contributed by atoms with van der Waals surface area (Å²) in [7, 11) is -0.394. The first-order valence-corrected chi connectivity index (χ1v) is 5.36. The fourth-order valence-corrected chi connectivity index (χ4v) is 1.61. The maximum absolute atomic E-state index is 9.92. The minimum Gasteiger partial charge on any atom is -0.423 e. The third-order valence-electron chi connectivity index (χ3n) is 1.15. The molecule has 0 bridgehead atoms. The van der Waals surface area contributed by atoms with Crippen molar-refractivity contribution in [2.24, 2.45) is 0 Å². The minimum atomic E-state index is -0.394. The second-order valence-electron chi connectivity index (χ2n) is 3.92. The Bertz CT molecular complexity index is 107. The lowest BCUT2D eigenvalue weighted by atomic mass is 10.3. The van der Waals surface area contributed by atoms with Gasteiger partial charge in [-0.05, 0) is 11.5 Å². The van der Waals surface area contributed by atoms with Gasteiger partial charge in [0.1, 0.15) is 6.29 Å². The van der Waals surface area contributed by atoms with E-state index in [-0.39, 0.29) is 0 Å². The molecule has 0 atom stereocenters. The summed E-state index contributed by atoms with van der Waals surface area (Å²) in [5.74, 6) is 0. The van der Waals surface area contributed by atoms with Crippen molar-refractivity contribution in [3.8, 4) is 0 Å². The Kier molecular flexibility index (Phi) is 5.41. The average molecular weight is 174 g/mol. The van der Waals surface area contributed by atoms with Crippen LogP contribution in [0.4, 0.5) is 0 Å². The summed E-state index contributed by atoms with van der Waals surface area (Å²) >= 11 is 0. The van der Waals surface area contributed by atoms with Crippen LogP contribution in [-0.4, -0.2) is 22.7 Å². The van der Waals surface area contributed by atoms with Gasteiger partial charge in [-0.2, -0.15) is 0 Å². The molecule has 0 unspecified atom stereocenters. The molecule has 0 aliphatic carbocycles. The molecular weight excluding hydrogens is 156 g/mol. The number of aldehydes is 1. The van der Waals surface area contributed by atoms with Gasteiger partial charge in [-0.25, -0.2) is 0 Å². The van der Waals surface area contributed by atoms with Gasteiger partial charge in [0.05, 0.1) is 0 Å². The lowest BCUT2D eigenvalue weighted by Crippen LogP contribution is -2.13. The van der Waals surface area contributed by atoms with Gasteiger partial charge in [-0.3, -0.25) is 0 Å². The van der Waals surface area contributed by atoms with E-state index in [1.165, 1.54) is 0 Å². The van der Waals surface area contributed by atoms with Crippen molar-refractivity contribution in [3.63, 3.8) is 0 Å². The molecule has 0 saturated heterocycles. The zero-order valence-electron chi connectivity index (χ0n) is 7.72. The van der Waals surface area contributed by atoms with Crippen LogP contribution < -0.4 is 0 Å². The Morgan fingerprint density at radius 2 is 2.09 bits per heavy atom. The van der Waals surface area contributed by atoms with Gasteiger partial charge >= 0.3 is 0 Å². The summed E-state index contributed by atoms with van der Waals surface area (Å²) in [5, 5.41) is 0.376. The van der Waals surface area contributed by atoms with E-state index in [0.717, 1.165) is 19.3 Å². The minimum absolute atomic E-state index is 0.376. The molecule has 0 heterocycles. The standard InChI is InChI=1S/C8H18O2Si/c1-8(2,3)11-10-7-5-4-6-9/h6H,4-5,7,11H2,1-3H3. The van der Waals surface area contributed by atoms with E-state index in [2.05, 4.69) is 20.8 Å². The molecule has 0 saturated carbocycles. The largest absolute Gasteiger partial charge is 0.423 e. The lowest BCUT2D eigenvalue weighted by molar-refractivity contribution is -0.108. The second kappa shape index (κ2) is 5.49. The van der Waals surface area contributed by atoms with Crippen molar-refractivity contribution in [2.45, 2.75) is 38.7 Å². The number of rotatable bonds is 5. The van der Waals surface area contributed by atoms with Gasteiger partial charge < -0.3 is 9.22 Å². The van der Waals surface area contributed by atoms with Crippen LogP contribution in [0.1, 0.15) is 33.6 Å². The molecule has 11 heavy (non-hydrogen) atoms. The summed E-state index contributed by atoms with van der Waals surface area (Å²) in [5.41, 5.74) is 0. The Balaban J connectivity index is 3.08. The smallest absolute Gasteiger partial charge is 0.166 e. The number of carbonyl (C=O) groups excluding carboxylic acids is 1. The second-order valence-corrected chi connectivity index (χ2v) is 6.74. The predicted molar refractivity (Wildman–Crippen MR) is 49.5 cm³/mol. The summed E-state index contributed by atoms with van der Waals surface area (Å²) in [6, 6.07) is 0. The highest BCUT2D eigenvalue weighted by Gasteiger charge is 2.10. The van der Waals surface area contributed by atoms with Crippen molar-refractivity contribution >= 4 is 16.0 Å². The van der Waals surface area contributed by atoms with E-state index in [1.54, 1.807) is 0 Å². The van der Waals surface area contributed by atoms with Crippen molar-refractivity contribution in [1.82, 2.24) is 0 Å². The number of unbranched alkanes of at least 4 members (excludes halogenated alkanes) is 1. The molecule has 0 aliphatic rings. The van der Waals surface area contributed by atoms with E-state index in [0.29, 0.717) is 11.5 Å². The molecule has 0 aromatic heterocycles. The Hall–Kier alpha value is -0.153. The Labute approximate surface area is 71.3 Å². The summed E-state index contributed by atoms with van der Waals surface area (Å²) in [6.45, 7) is 7.35. The first-order valence-electron chi connectivity index (χ1n) is 4.07. The molecule has 3 heteroatoms. The van der Waals surface area contributed by atoms with E-state index in [4.69, 9.17) is 4.43 Å². The molecule has 0 spiro atoms. The van der Waals surface area contributed by atoms with Crippen LogP contribution in [0.5, 0.6) is 0 Å². The zero-order valence-corrected chi connectivity index (χ0v) is 9.14. The van der Waals surface area contributed by atoms with E-state index in [9.17, 15) is 4.79 Å². The van der Waals surface area contributed by atoms with Crippen LogP contribution in [0.3, 0.4) is 0 Å².